The molecule has 0 aromatic carbocycles. The van der Waals surface area contributed by atoms with Gasteiger partial charge in [-0.2, -0.15) is 0 Å². The van der Waals surface area contributed by atoms with Crippen molar-refractivity contribution in [2.24, 2.45) is 18.7 Å². The van der Waals surface area contributed by atoms with Crippen LogP contribution in [-0.4, -0.2) is 37.9 Å². The largest absolute Gasteiger partial charge is 0.364 e. The molecule has 1 heterocycles. The second kappa shape index (κ2) is 5.86. The van der Waals surface area contributed by atoms with E-state index in [2.05, 4.69) is 10.0 Å². The summed E-state index contributed by atoms with van der Waals surface area (Å²) in [6, 6.07) is 1.22. The third-order valence-corrected chi connectivity index (χ3v) is 4.64. The monoisotopic (exact) mass is 314 g/mol. The van der Waals surface area contributed by atoms with E-state index in [-0.39, 0.29) is 35.5 Å². The first-order valence-corrected chi connectivity index (χ1v) is 8.03. The molecule has 8 nitrogen and oxygen atoms in total. The van der Waals surface area contributed by atoms with Crippen LogP contribution >= 0.6 is 0 Å². The van der Waals surface area contributed by atoms with Crippen molar-refractivity contribution >= 4 is 21.8 Å². The molecule has 0 radical (unpaired) electrons. The van der Waals surface area contributed by atoms with Crippen LogP contribution in [0.3, 0.4) is 0 Å². The zero-order valence-electron chi connectivity index (χ0n) is 11.6. The van der Waals surface area contributed by atoms with Gasteiger partial charge in [0.2, 0.25) is 15.9 Å². The standard InChI is InChI=1S/C12H18N4O4S/c1-16-7-9(6-10(16)11(13)17)21(19,20)15-5-4-14-12(18)8-2-3-8/h6-8,15H,2-5H2,1H3,(H2,13,17)(H,14,18). The first-order chi connectivity index (χ1) is 9.81. The number of rotatable bonds is 7. The number of nitrogens with two attached hydrogens (primary N) is 1. The summed E-state index contributed by atoms with van der Waals surface area (Å²) in [5.41, 5.74) is 5.25. The minimum atomic E-state index is -3.73. The van der Waals surface area contributed by atoms with Gasteiger partial charge in [-0.25, -0.2) is 13.1 Å². The van der Waals surface area contributed by atoms with Crippen LogP contribution < -0.4 is 15.8 Å². The van der Waals surface area contributed by atoms with Crippen molar-refractivity contribution in [1.82, 2.24) is 14.6 Å². The minimum absolute atomic E-state index is 0.0349. The highest BCUT2D eigenvalue weighted by Crippen LogP contribution is 2.28. The molecule has 2 rings (SSSR count). The molecule has 0 bridgehead atoms. The Morgan fingerprint density at radius 1 is 1.38 bits per heavy atom. The SMILES string of the molecule is Cn1cc(S(=O)(=O)NCCNC(=O)C2CC2)cc1C(N)=O. The fourth-order valence-corrected chi connectivity index (χ4v) is 2.97. The maximum absolute atomic E-state index is 12.0. The highest BCUT2D eigenvalue weighted by molar-refractivity contribution is 7.89. The van der Waals surface area contributed by atoms with Gasteiger partial charge in [0.25, 0.3) is 5.91 Å². The van der Waals surface area contributed by atoms with Gasteiger partial charge in [0.1, 0.15) is 10.6 Å². The number of primary amides is 1. The Bertz CT molecular complexity index is 661. The Morgan fingerprint density at radius 2 is 2.05 bits per heavy atom. The van der Waals surface area contributed by atoms with E-state index in [1.165, 1.54) is 23.9 Å². The second-order valence-corrected chi connectivity index (χ2v) is 6.77. The molecule has 116 valence electrons. The highest BCUT2D eigenvalue weighted by atomic mass is 32.2. The molecule has 21 heavy (non-hydrogen) atoms. The van der Waals surface area contributed by atoms with Gasteiger partial charge in [-0.05, 0) is 18.9 Å². The summed E-state index contributed by atoms with van der Waals surface area (Å²) in [6.07, 6.45) is 3.11. The van der Waals surface area contributed by atoms with Crippen LogP contribution in [0.1, 0.15) is 23.3 Å². The Morgan fingerprint density at radius 3 is 2.57 bits per heavy atom. The molecular weight excluding hydrogens is 296 g/mol. The molecule has 0 unspecified atom stereocenters. The zero-order valence-corrected chi connectivity index (χ0v) is 12.4. The quantitative estimate of drug-likeness (QED) is 0.554. The van der Waals surface area contributed by atoms with Gasteiger partial charge in [0, 0.05) is 32.3 Å². The van der Waals surface area contributed by atoms with Gasteiger partial charge in [-0.15, -0.1) is 0 Å². The zero-order chi connectivity index (χ0) is 15.6. The Hall–Kier alpha value is -1.87. The van der Waals surface area contributed by atoms with E-state index < -0.39 is 15.9 Å². The predicted molar refractivity (Wildman–Crippen MR) is 74.9 cm³/mol. The molecule has 2 amide bonds. The van der Waals surface area contributed by atoms with Crippen LogP contribution in [0.15, 0.2) is 17.2 Å². The molecule has 1 aliphatic carbocycles. The molecule has 1 fully saturated rings. The van der Waals surface area contributed by atoms with E-state index in [9.17, 15) is 18.0 Å². The third kappa shape index (κ3) is 3.82. The molecular formula is C12H18N4O4S. The number of aromatic nitrogens is 1. The summed E-state index contributed by atoms with van der Waals surface area (Å²) in [4.78, 5) is 22.5. The normalized spacial score (nSPS) is 14.9. The minimum Gasteiger partial charge on any atom is -0.364 e. The molecule has 1 aromatic rings. The summed E-state index contributed by atoms with van der Waals surface area (Å²) in [7, 11) is -2.19. The first-order valence-electron chi connectivity index (χ1n) is 6.55. The van der Waals surface area contributed by atoms with Gasteiger partial charge in [-0.3, -0.25) is 9.59 Å². The molecule has 0 saturated heterocycles. The average molecular weight is 314 g/mol. The summed E-state index contributed by atoms with van der Waals surface area (Å²) < 4.78 is 27.8. The molecule has 0 aliphatic heterocycles. The van der Waals surface area contributed by atoms with Crippen LogP contribution in [0.5, 0.6) is 0 Å². The molecule has 9 heteroatoms. The predicted octanol–water partition coefficient (Wildman–Crippen LogP) is -1.07. The third-order valence-electron chi connectivity index (χ3n) is 3.21. The Kier molecular flexibility index (Phi) is 4.33. The Labute approximate surface area is 122 Å². The van der Waals surface area contributed by atoms with Crippen molar-refractivity contribution < 1.29 is 18.0 Å². The van der Waals surface area contributed by atoms with Crippen LogP contribution in [0, 0.1) is 5.92 Å². The fourth-order valence-electron chi connectivity index (χ4n) is 1.87. The number of amides is 2. The van der Waals surface area contributed by atoms with Crippen molar-refractivity contribution in [3.8, 4) is 0 Å². The van der Waals surface area contributed by atoms with Crippen molar-refractivity contribution in [2.45, 2.75) is 17.7 Å². The molecule has 1 aromatic heterocycles. The van der Waals surface area contributed by atoms with Gasteiger partial charge < -0.3 is 15.6 Å². The van der Waals surface area contributed by atoms with Crippen LogP contribution in [0.4, 0.5) is 0 Å². The lowest BCUT2D eigenvalue weighted by Gasteiger charge is -2.06. The molecule has 0 spiro atoms. The fraction of sp³-hybridized carbons (Fsp3) is 0.500. The van der Waals surface area contributed by atoms with Crippen LogP contribution in [0.2, 0.25) is 0 Å². The van der Waals surface area contributed by atoms with Crippen molar-refractivity contribution in [3.05, 3.63) is 18.0 Å². The summed E-state index contributed by atoms with van der Waals surface area (Å²) in [6.45, 7) is 0.311. The average Bonchev–Trinajstić information content (AvgIpc) is 3.16. The van der Waals surface area contributed by atoms with E-state index in [1.807, 2.05) is 0 Å². The summed E-state index contributed by atoms with van der Waals surface area (Å²) in [5.74, 6) is -0.644. The van der Waals surface area contributed by atoms with Crippen LogP contribution in [0.25, 0.3) is 0 Å². The van der Waals surface area contributed by atoms with Gasteiger partial charge in [0.05, 0.1) is 0 Å². The maximum atomic E-state index is 12.0. The lowest BCUT2D eigenvalue weighted by Crippen LogP contribution is -2.35. The number of nitrogens with zero attached hydrogens (tertiary/aromatic N) is 1. The molecule has 1 aliphatic rings. The van der Waals surface area contributed by atoms with Gasteiger partial charge in [-0.1, -0.05) is 0 Å². The van der Waals surface area contributed by atoms with Crippen molar-refractivity contribution in [1.29, 1.82) is 0 Å². The van der Waals surface area contributed by atoms with E-state index in [0.717, 1.165) is 12.8 Å². The summed E-state index contributed by atoms with van der Waals surface area (Å²) >= 11 is 0. The van der Waals surface area contributed by atoms with Crippen LogP contribution in [-0.2, 0) is 21.9 Å². The molecule has 4 N–H and O–H groups in total. The topological polar surface area (TPSA) is 123 Å². The number of nitrogens with one attached hydrogen (secondary N) is 2. The maximum Gasteiger partial charge on any atom is 0.265 e. The molecule has 1 saturated carbocycles. The molecule has 0 atom stereocenters. The van der Waals surface area contributed by atoms with E-state index in [1.54, 1.807) is 0 Å². The number of carbonyl (C=O) groups excluding carboxylic acids is 2. The second-order valence-electron chi connectivity index (χ2n) is 5.00. The lowest BCUT2D eigenvalue weighted by molar-refractivity contribution is -0.122. The van der Waals surface area contributed by atoms with Gasteiger partial charge in [0.15, 0.2) is 0 Å². The number of sulfonamides is 1. The first kappa shape index (κ1) is 15.5. The smallest absolute Gasteiger partial charge is 0.265 e. The van der Waals surface area contributed by atoms with E-state index in [4.69, 9.17) is 5.73 Å². The van der Waals surface area contributed by atoms with E-state index in [0.29, 0.717) is 0 Å². The van der Waals surface area contributed by atoms with Crippen molar-refractivity contribution in [2.75, 3.05) is 13.1 Å². The number of hydrogen-bond donors (Lipinski definition) is 3. The number of hydrogen-bond acceptors (Lipinski definition) is 4. The Balaban J connectivity index is 1.90. The number of carbonyl (C=O) groups is 2. The van der Waals surface area contributed by atoms with Crippen molar-refractivity contribution in [3.63, 3.8) is 0 Å². The number of aryl methyl sites for hydroxylation is 1. The van der Waals surface area contributed by atoms with E-state index >= 15 is 0 Å². The summed E-state index contributed by atoms with van der Waals surface area (Å²) in [5, 5.41) is 2.66. The lowest BCUT2D eigenvalue weighted by atomic mass is 10.4. The van der Waals surface area contributed by atoms with Gasteiger partial charge >= 0.3 is 0 Å². The highest BCUT2D eigenvalue weighted by Gasteiger charge is 2.29.